The molecular formula is C14H16N4O2. The van der Waals surface area contributed by atoms with Crippen LogP contribution in [0.15, 0.2) is 24.3 Å². The molecule has 20 heavy (non-hydrogen) atoms. The molecule has 1 aromatic carbocycles. The van der Waals surface area contributed by atoms with E-state index >= 15 is 0 Å². The monoisotopic (exact) mass is 272 g/mol. The average molecular weight is 272 g/mol. The maximum Gasteiger partial charge on any atom is 0.331 e. The van der Waals surface area contributed by atoms with Gasteiger partial charge in [-0.25, -0.2) is 9.48 Å². The number of carboxylic acids is 1. The van der Waals surface area contributed by atoms with E-state index in [1.807, 2.05) is 31.2 Å². The van der Waals surface area contributed by atoms with Crippen molar-refractivity contribution in [3.63, 3.8) is 0 Å². The van der Waals surface area contributed by atoms with Crippen molar-refractivity contribution in [1.82, 2.24) is 20.2 Å². The van der Waals surface area contributed by atoms with Crippen LogP contribution in [0.4, 0.5) is 0 Å². The largest absolute Gasteiger partial charge is 0.479 e. The maximum absolute atomic E-state index is 11.6. The number of aryl methyl sites for hydroxylation is 1. The number of carboxylic acid groups (broad SMARTS) is 1. The summed E-state index contributed by atoms with van der Waals surface area (Å²) in [6.45, 7) is 2.03. The van der Waals surface area contributed by atoms with Crippen LogP contribution in [-0.2, 0) is 16.8 Å². The number of hydrogen-bond donors (Lipinski definition) is 1. The number of rotatable bonds is 4. The standard InChI is InChI=1S/C14H16N4O2/c1-10-5-2-3-6-11(10)9-12-15-16-17-18(12)14(13(19)20)7-4-8-14/h2-3,5-6H,4,7-9H2,1H3,(H,19,20). The van der Waals surface area contributed by atoms with Gasteiger partial charge < -0.3 is 5.11 Å². The molecule has 1 fully saturated rings. The van der Waals surface area contributed by atoms with Crippen LogP contribution in [0.2, 0.25) is 0 Å². The molecular weight excluding hydrogens is 256 g/mol. The lowest BCUT2D eigenvalue weighted by Gasteiger charge is -2.37. The van der Waals surface area contributed by atoms with E-state index in [9.17, 15) is 9.90 Å². The zero-order chi connectivity index (χ0) is 14.2. The molecule has 1 N–H and O–H groups in total. The predicted molar refractivity (Wildman–Crippen MR) is 71.3 cm³/mol. The molecule has 3 rings (SSSR count). The molecule has 2 aromatic rings. The highest BCUT2D eigenvalue weighted by Crippen LogP contribution is 2.39. The van der Waals surface area contributed by atoms with Crippen LogP contribution >= 0.6 is 0 Å². The summed E-state index contributed by atoms with van der Waals surface area (Å²) in [5.41, 5.74) is 1.32. The number of nitrogens with zero attached hydrogens (tertiary/aromatic N) is 4. The van der Waals surface area contributed by atoms with Gasteiger partial charge in [0.2, 0.25) is 0 Å². The van der Waals surface area contributed by atoms with Crippen molar-refractivity contribution >= 4 is 5.97 Å². The second kappa shape index (κ2) is 4.70. The minimum absolute atomic E-state index is 0.550. The van der Waals surface area contributed by atoms with Crippen molar-refractivity contribution < 1.29 is 9.90 Å². The molecule has 1 aliphatic carbocycles. The van der Waals surface area contributed by atoms with Crippen molar-refractivity contribution in [2.45, 2.75) is 38.1 Å². The quantitative estimate of drug-likeness (QED) is 0.913. The van der Waals surface area contributed by atoms with Crippen molar-refractivity contribution in [2.75, 3.05) is 0 Å². The summed E-state index contributed by atoms with van der Waals surface area (Å²) in [4.78, 5) is 11.6. The van der Waals surface area contributed by atoms with Gasteiger partial charge in [0.05, 0.1) is 0 Å². The molecule has 104 valence electrons. The summed E-state index contributed by atoms with van der Waals surface area (Å²) in [5, 5.41) is 21.1. The number of benzene rings is 1. The van der Waals surface area contributed by atoms with Crippen molar-refractivity contribution in [3.05, 3.63) is 41.2 Å². The van der Waals surface area contributed by atoms with Crippen LogP contribution in [0.3, 0.4) is 0 Å². The minimum Gasteiger partial charge on any atom is -0.479 e. The first-order valence-electron chi connectivity index (χ1n) is 6.69. The summed E-state index contributed by atoms with van der Waals surface area (Å²) in [5.74, 6) is -0.233. The molecule has 0 amide bonds. The van der Waals surface area contributed by atoms with E-state index in [0.717, 1.165) is 17.5 Å². The third-order valence-corrected chi connectivity index (χ3v) is 4.13. The summed E-state index contributed by atoms with van der Waals surface area (Å²) in [6.07, 6.45) is 2.63. The predicted octanol–water partition coefficient (Wildman–Crippen LogP) is 1.54. The highest BCUT2D eigenvalue weighted by Gasteiger charge is 2.48. The Morgan fingerprint density at radius 3 is 2.75 bits per heavy atom. The van der Waals surface area contributed by atoms with E-state index in [0.29, 0.717) is 25.1 Å². The molecule has 0 unspecified atom stereocenters. The Bertz CT molecular complexity index is 646. The van der Waals surface area contributed by atoms with Crippen LogP contribution < -0.4 is 0 Å². The van der Waals surface area contributed by atoms with Crippen LogP contribution in [0.5, 0.6) is 0 Å². The summed E-state index contributed by atoms with van der Waals surface area (Å²) in [7, 11) is 0. The zero-order valence-electron chi connectivity index (χ0n) is 11.3. The molecule has 6 heteroatoms. The van der Waals surface area contributed by atoms with E-state index in [2.05, 4.69) is 15.5 Å². The van der Waals surface area contributed by atoms with E-state index in [4.69, 9.17) is 0 Å². The van der Waals surface area contributed by atoms with Crippen LogP contribution in [0.25, 0.3) is 0 Å². The third-order valence-electron chi connectivity index (χ3n) is 4.13. The first kappa shape index (κ1) is 12.8. The highest BCUT2D eigenvalue weighted by molar-refractivity contribution is 5.77. The fraction of sp³-hybridized carbons (Fsp3) is 0.429. The van der Waals surface area contributed by atoms with Gasteiger partial charge in [-0.1, -0.05) is 24.3 Å². The van der Waals surface area contributed by atoms with E-state index in [1.54, 1.807) is 0 Å². The van der Waals surface area contributed by atoms with Gasteiger partial charge in [-0.15, -0.1) is 5.10 Å². The Hall–Kier alpha value is -2.24. The fourth-order valence-corrected chi connectivity index (χ4v) is 2.66. The van der Waals surface area contributed by atoms with Gasteiger partial charge in [0.15, 0.2) is 11.4 Å². The maximum atomic E-state index is 11.6. The SMILES string of the molecule is Cc1ccccc1Cc1nnnn1C1(C(=O)O)CCC1. The lowest BCUT2D eigenvalue weighted by Crippen LogP contribution is -2.49. The zero-order valence-corrected chi connectivity index (χ0v) is 11.3. The van der Waals surface area contributed by atoms with E-state index in [-0.39, 0.29) is 0 Å². The average Bonchev–Trinajstić information content (AvgIpc) is 2.79. The topological polar surface area (TPSA) is 80.9 Å². The van der Waals surface area contributed by atoms with E-state index in [1.165, 1.54) is 4.68 Å². The summed E-state index contributed by atoms with van der Waals surface area (Å²) >= 11 is 0. The normalized spacial score (nSPS) is 16.6. The molecule has 0 aliphatic heterocycles. The first-order valence-corrected chi connectivity index (χ1v) is 6.69. The second-order valence-electron chi connectivity index (χ2n) is 5.30. The third kappa shape index (κ3) is 1.88. The van der Waals surface area contributed by atoms with Gasteiger partial charge in [-0.2, -0.15) is 0 Å². The molecule has 0 radical (unpaired) electrons. The molecule has 1 aromatic heterocycles. The molecule has 1 heterocycles. The summed E-state index contributed by atoms with van der Waals surface area (Å²) in [6, 6.07) is 7.99. The first-order chi connectivity index (χ1) is 9.63. The number of aliphatic carboxylic acids is 1. The van der Waals surface area contributed by atoms with Gasteiger partial charge in [-0.3, -0.25) is 0 Å². The van der Waals surface area contributed by atoms with Crippen molar-refractivity contribution in [3.8, 4) is 0 Å². The number of aromatic nitrogens is 4. The molecule has 1 saturated carbocycles. The van der Waals surface area contributed by atoms with Gasteiger partial charge in [0.1, 0.15) is 0 Å². The Morgan fingerprint density at radius 2 is 2.15 bits per heavy atom. The number of hydrogen-bond acceptors (Lipinski definition) is 4. The van der Waals surface area contributed by atoms with Gasteiger partial charge in [0, 0.05) is 6.42 Å². The lowest BCUT2D eigenvalue weighted by molar-refractivity contribution is -0.153. The fourth-order valence-electron chi connectivity index (χ4n) is 2.66. The lowest BCUT2D eigenvalue weighted by atomic mass is 9.76. The molecule has 6 nitrogen and oxygen atoms in total. The second-order valence-corrected chi connectivity index (χ2v) is 5.30. The molecule has 1 aliphatic rings. The number of carbonyl (C=O) groups is 1. The van der Waals surface area contributed by atoms with Gasteiger partial charge in [-0.05, 0) is 47.7 Å². The Kier molecular flexibility index (Phi) is 3.00. The molecule has 0 atom stereocenters. The Morgan fingerprint density at radius 1 is 1.40 bits per heavy atom. The van der Waals surface area contributed by atoms with Crippen molar-refractivity contribution in [2.24, 2.45) is 0 Å². The van der Waals surface area contributed by atoms with Crippen LogP contribution in [-0.4, -0.2) is 31.3 Å². The smallest absolute Gasteiger partial charge is 0.331 e. The Labute approximate surface area is 116 Å². The van der Waals surface area contributed by atoms with Crippen LogP contribution in [0.1, 0.15) is 36.2 Å². The number of tetrazole rings is 1. The summed E-state index contributed by atoms with van der Waals surface area (Å²) < 4.78 is 1.51. The van der Waals surface area contributed by atoms with Gasteiger partial charge >= 0.3 is 5.97 Å². The van der Waals surface area contributed by atoms with Crippen LogP contribution in [0, 0.1) is 6.92 Å². The van der Waals surface area contributed by atoms with Crippen molar-refractivity contribution in [1.29, 1.82) is 0 Å². The highest BCUT2D eigenvalue weighted by atomic mass is 16.4. The minimum atomic E-state index is -0.943. The van der Waals surface area contributed by atoms with E-state index < -0.39 is 11.5 Å². The molecule has 0 spiro atoms. The van der Waals surface area contributed by atoms with Gasteiger partial charge in [0.25, 0.3) is 0 Å². The molecule has 0 saturated heterocycles. The Balaban J connectivity index is 1.95. The molecule has 0 bridgehead atoms.